The Bertz CT molecular complexity index is 652. The summed E-state index contributed by atoms with van der Waals surface area (Å²) in [5.41, 5.74) is 0.838. The Hall–Kier alpha value is -2.25. The molecule has 2 rings (SSSR count). The van der Waals surface area contributed by atoms with E-state index in [1.165, 1.54) is 6.33 Å². The van der Waals surface area contributed by atoms with Crippen LogP contribution in [-0.4, -0.2) is 67.3 Å². The molecule has 1 N–H and O–H groups in total. The summed E-state index contributed by atoms with van der Waals surface area (Å²) in [5.74, 6) is 0.631. The van der Waals surface area contributed by atoms with Crippen LogP contribution in [0.4, 0.5) is 5.82 Å². The van der Waals surface area contributed by atoms with Gasteiger partial charge in [-0.15, -0.1) is 0 Å². The molecule has 0 bridgehead atoms. The lowest BCUT2D eigenvalue weighted by atomic mass is 10.2. The van der Waals surface area contributed by atoms with E-state index in [0.29, 0.717) is 32.1 Å². The number of nitrogens with zero attached hydrogens (tertiary/aromatic N) is 3. The SMILES string of the molecule is COCCN(CCOC)C(=O)C(C)Nc1ncnc2ccccc12. The molecule has 0 radical (unpaired) electrons. The Balaban J connectivity index is 2.10. The molecule has 0 aliphatic heterocycles. The van der Waals surface area contributed by atoms with Crippen LogP contribution in [0.2, 0.25) is 0 Å². The van der Waals surface area contributed by atoms with Crippen LogP contribution < -0.4 is 5.32 Å². The summed E-state index contributed by atoms with van der Waals surface area (Å²) in [5, 5.41) is 4.08. The van der Waals surface area contributed by atoms with E-state index in [1.807, 2.05) is 31.2 Å². The van der Waals surface area contributed by atoms with Crippen LogP contribution in [0.1, 0.15) is 6.92 Å². The predicted molar refractivity (Wildman–Crippen MR) is 93.0 cm³/mol. The number of anilines is 1. The fourth-order valence-electron chi connectivity index (χ4n) is 2.40. The van der Waals surface area contributed by atoms with Crippen LogP contribution in [0.15, 0.2) is 30.6 Å². The topological polar surface area (TPSA) is 76.6 Å². The highest BCUT2D eigenvalue weighted by Gasteiger charge is 2.21. The van der Waals surface area contributed by atoms with Crippen molar-refractivity contribution in [1.82, 2.24) is 14.9 Å². The number of nitrogens with one attached hydrogen (secondary N) is 1. The smallest absolute Gasteiger partial charge is 0.244 e. The molecule has 1 atom stereocenters. The van der Waals surface area contributed by atoms with E-state index >= 15 is 0 Å². The highest BCUT2D eigenvalue weighted by molar-refractivity contribution is 5.91. The van der Waals surface area contributed by atoms with Crippen molar-refractivity contribution in [3.63, 3.8) is 0 Å². The molecule has 7 nitrogen and oxygen atoms in total. The summed E-state index contributed by atoms with van der Waals surface area (Å²) >= 11 is 0. The molecular weight excluding hydrogens is 308 g/mol. The number of carbonyl (C=O) groups excluding carboxylic acids is 1. The lowest BCUT2D eigenvalue weighted by molar-refractivity contribution is -0.133. The largest absolute Gasteiger partial charge is 0.383 e. The molecule has 1 unspecified atom stereocenters. The van der Waals surface area contributed by atoms with E-state index in [9.17, 15) is 4.79 Å². The summed E-state index contributed by atoms with van der Waals surface area (Å²) < 4.78 is 10.2. The van der Waals surface area contributed by atoms with Gasteiger partial charge in [0.05, 0.1) is 18.7 Å². The first-order valence-electron chi connectivity index (χ1n) is 7.90. The van der Waals surface area contributed by atoms with Crippen molar-refractivity contribution in [3.05, 3.63) is 30.6 Å². The van der Waals surface area contributed by atoms with Gasteiger partial charge in [0.15, 0.2) is 0 Å². The van der Waals surface area contributed by atoms with Crippen LogP contribution in [-0.2, 0) is 14.3 Å². The average molecular weight is 332 g/mol. The number of ether oxygens (including phenoxy) is 2. The van der Waals surface area contributed by atoms with Crippen molar-refractivity contribution in [2.24, 2.45) is 0 Å². The number of para-hydroxylation sites is 1. The molecule has 2 aromatic rings. The summed E-state index contributed by atoms with van der Waals surface area (Å²) in [6, 6.07) is 7.27. The van der Waals surface area contributed by atoms with E-state index in [-0.39, 0.29) is 5.91 Å². The standard InChI is InChI=1S/C17H24N4O3/c1-13(17(22)21(8-10-23-2)9-11-24-3)20-16-14-6-4-5-7-15(14)18-12-19-16/h4-7,12-13H,8-11H2,1-3H3,(H,18,19,20). The summed E-state index contributed by atoms with van der Waals surface area (Å²) in [4.78, 5) is 22.9. The minimum Gasteiger partial charge on any atom is -0.383 e. The molecule has 0 aliphatic carbocycles. The minimum atomic E-state index is -0.419. The van der Waals surface area contributed by atoms with Gasteiger partial charge in [0, 0.05) is 32.7 Å². The second-order valence-corrected chi connectivity index (χ2v) is 5.42. The molecule has 0 saturated heterocycles. The maximum atomic E-state index is 12.7. The van der Waals surface area contributed by atoms with Gasteiger partial charge >= 0.3 is 0 Å². The maximum Gasteiger partial charge on any atom is 0.244 e. The highest BCUT2D eigenvalue weighted by Crippen LogP contribution is 2.19. The van der Waals surface area contributed by atoms with Gasteiger partial charge in [-0.3, -0.25) is 4.79 Å². The third-order valence-electron chi connectivity index (χ3n) is 3.71. The Kier molecular flexibility index (Phi) is 6.89. The average Bonchev–Trinajstić information content (AvgIpc) is 2.61. The molecule has 0 saturated carbocycles. The molecule has 1 heterocycles. The third kappa shape index (κ3) is 4.62. The Morgan fingerprint density at radius 2 is 1.83 bits per heavy atom. The normalized spacial score (nSPS) is 12.1. The van der Waals surface area contributed by atoms with E-state index in [2.05, 4.69) is 15.3 Å². The third-order valence-corrected chi connectivity index (χ3v) is 3.71. The summed E-state index contributed by atoms with van der Waals surface area (Å²) in [6.45, 7) is 3.84. The predicted octanol–water partition coefficient (Wildman–Crippen LogP) is 1.55. The molecule has 0 spiro atoms. The zero-order valence-electron chi connectivity index (χ0n) is 14.4. The number of hydrogen-bond donors (Lipinski definition) is 1. The van der Waals surface area contributed by atoms with Crippen LogP contribution >= 0.6 is 0 Å². The zero-order chi connectivity index (χ0) is 17.4. The van der Waals surface area contributed by atoms with Crippen LogP contribution in [0, 0.1) is 0 Å². The zero-order valence-corrected chi connectivity index (χ0v) is 14.4. The van der Waals surface area contributed by atoms with Crippen LogP contribution in [0.5, 0.6) is 0 Å². The van der Waals surface area contributed by atoms with Crippen molar-refractivity contribution < 1.29 is 14.3 Å². The second-order valence-electron chi connectivity index (χ2n) is 5.42. The van der Waals surface area contributed by atoms with Crippen molar-refractivity contribution >= 4 is 22.6 Å². The Morgan fingerprint density at radius 3 is 2.50 bits per heavy atom. The molecule has 1 aromatic carbocycles. The van der Waals surface area contributed by atoms with Gasteiger partial charge in [0.1, 0.15) is 18.2 Å². The number of carbonyl (C=O) groups is 1. The van der Waals surface area contributed by atoms with Gasteiger partial charge in [-0.2, -0.15) is 0 Å². The molecular formula is C17H24N4O3. The number of benzene rings is 1. The van der Waals surface area contributed by atoms with Gasteiger partial charge in [-0.1, -0.05) is 12.1 Å². The second kappa shape index (κ2) is 9.14. The summed E-state index contributed by atoms with van der Waals surface area (Å²) in [6.07, 6.45) is 1.50. The first kappa shape index (κ1) is 18.1. The van der Waals surface area contributed by atoms with Gasteiger partial charge in [-0.05, 0) is 19.1 Å². The van der Waals surface area contributed by atoms with E-state index < -0.39 is 6.04 Å². The molecule has 1 aromatic heterocycles. The Morgan fingerprint density at radius 1 is 1.17 bits per heavy atom. The fourth-order valence-corrected chi connectivity index (χ4v) is 2.40. The van der Waals surface area contributed by atoms with Crippen LogP contribution in [0.25, 0.3) is 10.9 Å². The Labute approximate surface area is 142 Å². The monoisotopic (exact) mass is 332 g/mol. The van der Waals surface area contributed by atoms with Crippen LogP contribution in [0.3, 0.4) is 0 Å². The van der Waals surface area contributed by atoms with E-state index in [0.717, 1.165) is 10.9 Å². The number of aromatic nitrogens is 2. The molecule has 130 valence electrons. The van der Waals surface area contributed by atoms with Gasteiger partial charge in [0.25, 0.3) is 0 Å². The summed E-state index contributed by atoms with van der Waals surface area (Å²) in [7, 11) is 3.24. The number of fused-ring (bicyclic) bond motifs is 1. The van der Waals surface area contributed by atoms with Crippen molar-refractivity contribution in [1.29, 1.82) is 0 Å². The van der Waals surface area contributed by atoms with E-state index in [4.69, 9.17) is 9.47 Å². The minimum absolute atomic E-state index is 0.0215. The van der Waals surface area contributed by atoms with Crippen molar-refractivity contribution in [3.8, 4) is 0 Å². The number of rotatable bonds is 9. The molecule has 0 aliphatic rings. The van der Waals surface area contributed by atoms with Gasteiger partial charge in [0.2, 0.25) is 5.91 Å². The maximum absolute atomic E-state index is 12.7. The molecule has 1 amide bonds. The number of methoxy groups -OCH3 is 2. The molecule has 7 heteroatoms. The molecule has 0 fully saturated rings. The fraction of sp³-hybridized carbons (Fsp3) is 0.471. The van der Waals surface area contributed by atoms with Crippen molar-refractivity contribution in [2.75, 3.05) is 45.8 Å². The van der Waals surface area contributed by atoms with Crippen molar-refractivity contribution in [2.45, 2.75) is 13.0 Å². The first-order chi connectivity index (χ1) is 11.7. The number of hydrogen-bond acceptors (Lipinski definition) is 6. The van der Waals surface area contributed by atoms with Gasteiger partial charge in [-0.25, -0.2) is 9.97 Å². The first-order valence-corrected chi connectivity index (χ1v) is 7.90. The molecule has 24 heavy (non-hydrogen) atoms. The van der Waals surface area contributed by atoms with E-state index in [1.54, 1.807) is 19.1 Å². The number of amides is 1. The lowest BCUT2D eigenvalue weighted by Crippen LogP contribution is -2.44. The lowest BCUT2D eigenvalue weighted by Gasteiger charge is -2.26. The highest BCUT2D eigenvalue weighted by atomic mass is 16.5. The van der Waals surface area contributed by atoms with Gasteiger partial charge < -0.3 is 19.7 Å². The quantitative estimate of drug-likeness (QED) is 0.751.